The highest BCUT2D eigenvalue weighted by Gasteiger charge is 2.51. The predicted octanol–water partition coefficient (Wildman–Crippen LogP) is 0.480. The monoisotopic (exact) mass is 200 g/mol. The highest BCUT2D eigenvalue weighted by molar-refractivity contribution is 8.00. The number of thioether (sulfide) groups is 1. The van der Waals surface area contributed by atoms with Gasteiger partial charge in [-0.1, -0.05) is 6.92 Å². The van der Waals surface area contributed by atoms with Crippen molar-refractivity contribution >= 4 is 23.7 Å². The second kappa shape index (κ2) is 2.90. The molecule has 4 nitrogen and oxygen atoms in total. The van der Waals surface area contributed by atoms with Crippen LogP contribution in [0.25, 0.3) is 0 Å². The van der Waals surface area contributed by atoms with Crippen LogP contribution in [0.15, 0.2) is 0 Å². The molecule has 0 radical (unpaired) electrons. The van der Waals surface area contributed by atoms with Gasteiger partial charge in [0.2, 0.25) is 0 Å². The SMILES string of the molecule is CC1SCCCC12NC(=O)NC2=O. The van der Waals surface area contributed by atoms with E-state index < -0.39 is 5.54 Å². The molecule has 1 spiro atoms. The maximum atomic E-state index is 11.6. The van der Waals surface area contributed by atoms with Gasteiger partial charge in [-0.15, -0.1) is 0 Å². The molecule has 5 heteroatoms. The molecule has 72 valence electrons. The van der Waals surface area contributed by atoms with Crippen molar-refractivity contribution in [3.05, 3.63) is 0 Å². The van der Waals surface area contributed by atoms with Gasteiger partial charge < -0.3 is 5.32 Å². The topological polar surface area (TPSA) is 58.2 Å². The van der Waals surface area contributed by atoms with Crippen molar-refractivity contribution < 1.29 is 9.59 Å². The van der Waals surface area contributed by atoms with E-state index in [0.717, 1.165) is 18.6 Å². The number of urea groups is 1. The first-order chi connectivity index (χ1) is 6.15. The van der Waals surface area contributed by atoms with Crippen LogP contribution in [0.3, 0.4) is 0 Å². The molecule has 2 aliphatic heterocycles. The molecule has 0 aromatic carbocycles. The molecular weight excluding hydrogens is 188 g/mol. The van der Waals surface area contributed by atoms with Crippen LogP contribution in [-0.4, -0.2) is 28.5 Å². The Bertz CT molecular complexity index is 269. The van der Waals surface area contributed by atoms with Gasteiger partial charge in [-0.3, -0.25) is 10.1 Å². The summed E-state index contributed by atoms with van der Waals surface area (Å²) < 4.78 is 0. The molecular formula is C8H12N2O2S. The van der Waals surface area contributed by atoms with Crippen molar-refractivity contribution in [2.45, 2.75) is 30.6 Å². The first-order valence-corrected chi connectivity index (χ1v) is 5.45. The maximum absolute atomic E-state index is 11.6. The fourth-order valence-corrected chi connectivity index (χ4v) is 3.16. The molecule has 2 N–H and O–H groups in total. The van der Waals surface area contributed by atoms with Crippen LogP contribution in [0.4, 0.5) is 4.79 Å². The number of carbonyl (C=O) groups is 2. The fraction of sp³-hybridized carbons (Fsp3) is 0.750. The lowest BCUT2D eigenvalue weighted by Gasteiger charge is -2.35. The third kappa shape index (κ3) is 1.22. The third-order valence-corrected chi connectivity index (χ3v) is 4.17. The van der Waals surface area contributed by atoms with Gasteiger partial charge in [0, 0.05) is 5.25 Å². The van der Waals surface area contributed by atoms with E-state index in [4.69, 9.17) is 0 Å². The molecule has 0 aromatic heterocycles. The van der Waals surface area contributed by atoms with Gasteiger partial charge in [-0.05, 0) is 18.6 Å². The lowest BCUT2D eigenvalue weighted by molar-refractivity contribution is -0.124. The van der Waals surface area contributed by atoms with Crippen LogP contribution < -0.4 is 10.6 Å². The first-order valence-electron chi connectivity index (χ1n) is 4.40. The summed E-state index contributed by atoms with van der Waals surface area (Å²) in [6.45, 7) is 2.00. The van der Waals surface area contributed by atoms with E-state index in [2.05, 4.69) is 10.6 Å². The Morgan fingerprint density at radius 3 is 2.85 bits per heavy atom. The molecule has 0 aromatic rings. The van der Waals surface area contributed by atoms with E-state index in [9.17, 15) is 9.59 Å². The Labute approximate surface area is 80.8 Å². The van der Waals surface area contributed by atoms with Crippen molar-refractivity contribution in [3.63, 3.8) is 0 Å². The molecule has 2 atom stereocenters. The van der Waals surface area contributed by atoms with Crippen molar-refractivity contribution in [1.29, 1.82) is 0 Å². The Kier molecular flexibility index (Phi) is 1.98. The zero-order valence-electron chi connectivity index (χ0n) is 7.42. The van der Waals surface area contributed by atoms with Crippen molar-refractivity contribution in [3.8, 4) is 0 Å². The third-order valence-electron chi connectivity index (χ3n) is 2.75. The number of carbonyl (C=O) groups excluding carboxylic acids is 2. The highest BCUT2D eigenvalue weighted by Crippen LogP contribution is 2.35. The minimum absolute atomic E-state index is 0.155. The fourth-order valence-electron chi connectivity index (χ4n) is 1.92. The number of nitrogens with one attached hydrogen (secondary N) is 2. The molecule has 2 fully saturated rings. The molecule has 2 saturated heterocycles. The van der Waals surface area contributed by atoms with Crippen LogP contribution in [0, 0.1) is 0 Å². The number of imide groups is 1. The van der Waals surface area contributed by atoms with Gasteiger partial charge in [0.05, 0.1) is 0 Å². The second-order valence-electron chi connectivity index (χ2n) is 3.50. The largest absolute Gasteiger partial charge is 0.322 e. The summed E-state index contributed by atoms with van der Waals surface area (Å²) in [7, 11) is 0. The van der Waals surface area contributed by atoms with Crippen LogP contribution in [0.5, 0.6) is 0 Å². The van der Waals surface area contributed by atoms with Crippen LogP contribution in [-0.2, 0) is 4.79 Å². The Morgan fingerprint density at radius 2 is 2.31 bits per heavy atom. The Balaban J connectivity index is 2.26. The molecule has 2 heterocycles. The number of hydrogen-bond donors (Lipinski definition) is 2. The van der Waals surface area contributed by atoms with Crippen molar-refractivity contribution in [2.24, 2.45) is 0 Å². The van der Waals surface area contributed by atoms with Crippen molar-refractivity contribution in [1.82, 2.24) is 10.6 Å². The summed E-state index contributed by atoms with van der Waals surface area (Å²) >= 11 is 1.74. The standard InChI is InChI=1S/C8H12N2O2S/c1-5-8(3-2-4-13-5)6(11)9-7(12)10-8/h5H,2-4H2,1H3,(H2,9,10,11,12). The molecule has 0 saturated carbocycles. The van der Waals surface area contributed by atoms with Crippen LogP contribution in [0.1, 0.15) is 19.8 Å². The molecule has 3 amide bonds. The zero-order valence-corrected chi connectivity index (χ0v) is 8.24. The lowest BCUT2D eigenvalue weighted by atomic mass is 9.90. The maximum Gasteiger partial charge on any atom is 0.322 e. The average molecular weight is 200 g/mol. The lowest BCUT2D eigenvalue weighted by Crippen LogP contribution is -2.55. The number of hydrogen-bond acceptors (Lipinski definition) is 3. The zero-order chi connectivity index (χ0) is 9.47. The Hall–Kier alpha value is -0.710. The van der Waals surface area contributed by atoms with E-state index in [-0.39, 0.29) is 17.2 Å². The summed E-state index contributed by atoms with van der Waals surface area (Å²) in [5, 5.41) is 5.23. The minimum atomic E-state index is -0.625. The van der Waals surface area contributed by atoms with Crippen LogP contribution in [0.2, 0.25) is 0 Å². The molecule has 13 heavy (non-hydrogen) atoms. The number of rotatable bonds is 0. The molecule has 2 rings (SSSR count). The van der Waals surface area contributed by atoms with Gasteiger partial charge in [0.15, 0.2) is 0 Å². The molecule has 0 bridgehead atoms. The summed E-state index contributed by atoms with van der Waals surface area (Å²) in [5.41, 5.74) is -0.625. The van der Waals surface area contributed by atoms with Gasteiger partial charge in [0.25, 0.3) is 5.91 Å². The van der Waals surface area contributed by atoms with E-state index in [1.807, 2.05) is 6.92 Å². The summed E-state index contributed by atoms with van der Waals surface area (Å²) in [4.78, 5) is 22.6. The summed E-state index contributed by atoms with van der Waals surface area (Å²) in [6.07, 6.45) is 1.75. The first kappa shape index (κ1) is 8.87. The van der Waals surface area contributed by atoms with Crippen molar-refractivity contribution in [2.75, 3.05) is 5.75 Å². The average Bonchev–Trinajstić information content (AvgIpc) is 2.35. The van der Waals surface area contributed by atoms with Gasteiger partial charge >= 0.3 is 6.03 Å². The molecule has 0 aliphatic carbocycles. The Morgan fingerprint density at radius 1 is 1.54 bits per heavy atom. The van der Waals surface area contributed by atoms with Gasteiger partial charge in [-0.2, -0.15) is 11.8 Å². The predicted molar refractivity (Wildman–Crippen MR) is 50.6 cm³/mol. The quantitative estimate of drug-likeness (QED) is 0.559. The minimum Gasteiger partial charge on any atom is -0.322 e. The summed E-state index contributed by atoms with van der Waals surface area (Å²) in [6, 6.07) is -0.348. The summed E-state index contributed by atoms with van der Waals surface area (Å²) in [5.74, 6) is 0.920. The van der Waals surface area contributed by atoms with E-state index in [1.165, 1.54) is 0 Å². The van der Waals surface area contributed by atoms with Gasteiger partial charge in [0.1, 0.15) is 5.54 Å². The van der Waals surface area contributed by atoms with Gasteiger partial charge in [-0.25, -0.2) is 4.79 Å². The highest BCUT2D eigenvalue weighted by atomic mass is 32.2. The molecule has 2 unspecified atom stereocenters. The van der Waals surface area contributed by atoms with Crippen LogP contribution >= 0.6 is 11.8 Å². The number of amides is 3. The normalized spacial score (nSPS) is 39.0. The van der Waals surface area contributed by atoms with E-state index >= 15 is 0 Å². The van der Waals surface area contributed by atoms with E-state index in [0.29, 0.717) is 0 Å². The second-order valence-corrected chi connectivity index (χ2v) is 4.94. The van der Waals surface area contributed by atoms with E-state index in [1.54, 1.807) is 11.8 Å². The molecule has 2 aliphatic rings. The smallest absolute Gasteiger partial charge is 0.322 e.